The van der Waals surface area contributed by atoms with E-state index in [4.69, 9.17) is 10.5 Å². The van der Waals surface area contributed by atoms with Crippen LogP contribution in [0.2, 0.25) is 0 Å². The summed E-state index contributed by atoms with van der Waals surface area (Å²) in [4.78, 5) is 12.2. The van der Waals surface area contributed by atoms with Crippen molar-refractivity contribution < 1.29 is 13.9 Å². The number of benzene rings is 1. The Hall–Kier alpha value is -1.62. The average Bonchev–Trinajstić information content (AvgIpc) is 2.94. The van der Waals surface area contributed by atoms with E-state index in [0.717, 1.165) is 25.7 Å². The van der Waals surface area contributed by atoms with Gasteiger partial charge in [-0.2, -0.15) is 0 Å². The summed E-state index contributed by atoms with van der Waals surface area (Å²) in [6.45, 7) is 1.03. The Kier molecular flexibility index (Phi) is 4.60. The van der Waals surface area contributed by atoms with Crippen LogP contribution in [-0.4, -0.2) is 26.1 Å². The van der Waals surface area contributed by atoms with Gasteiger partial charge in [-0.15, -0.1) is 0 Å². The van der Waals surface area contributed by atoms with E-state index >= 15 is 0 Å². The van der Waals surface area contributed by atoms with Crippen molar-refractivity contribution in [2.24, 2.45) is 11.1 Å². The highest BCUT2D eigenvalue weighted by atomic mass is 19.1. The molecular formula is C15H21FN2O2. The number of halogens is 1. The third kappa shape index (κ3) is 2.93. The smallest absolute Gasteiger partial charge is 0.258 e. The molecule has 0 bridgehead atoms. The van der Waals surface area contributed by atoms with E-state index in [-0.39, 0.29) is 16.7 Å². The van der Waals surface area contributed by atoms with E-state index in [0.29, 0.717) is 13.1 Å². The Morgan fingerprint density at radius 1 is 1.45 bits per heavy atom. The van der Waals surface area contributed by atoms with Crippen molar-refractivity contribution >= 4 is 5.91 Å². The number of hydrogen-bond acceptors (Lipinski definition) is 3. The first-order valence-corrected chi connectivity index (χ1v) is 6.93. The second kappa shape index (κ2) is 6.22. The Morgan fingerprint density at radius 2 is 2.15 bits per heavy atom. The van der Waals surface area contributed by atoms with Gasteiger partial charge < -0.3 is 15.8 Å². The Bertz CT molecular complexity index is 485. The SMILES string of the molecule is COc1cccc(F)c1C(=O)NCC1(CN)CCCC1. The summed E-state index contributed by atoms with van der Waals surface area (Å²) in [5.74, 6) is -0.773. The molecule has 1 aliphatic rings. The molecule has 1 aromatic carbocycles. The normalized spacial score (nSPS) is 16.9. The van der Waals surface area contributed by atoms with E-state index in [2.05, 4.69) is 5.32 Å². The second-order valence-corrected chi connectivity index (χ2v) is 5.41. The van der Waals surface area contributed by atoms with E-state index in [1.54, 1.807) is 6.07 Å². The van der Waals surface area contributed by atoms with E-state index in [1.165, 1.54) is 19.2 Å². The second-order valence-electron chi connectivity index (χ2n) is 5.41. The molecule has 0 saturated heterocycles. The van der Waals surface area contributed by atoms with Gasteiger partial charge in [0.15, 0.2) is 0 Å². The molecule has 1 amide bonds. The first-order valence-electron chi connectivity index (χ1n) is 6.93. The number of carbonyl (C=O) groups excluding carboxylic acids is 1. The number of carbonyl (C=O) groups is 1. The van der Waals surface area contributed by atoms with Gasteiger partial charge in [-0.25, -0.2) is 4.39 Å². The number of methoxy groups -OCH3 is 1. The molecule has 2 rings (SSSR count). The first-order chi connectivity index (χ1) is 9.62. The minimum atomic E-state index is -0.574. The van der Waals surface area contributed by atoms with E-state index < -0.39 is 11.7 Å². The molecule has 1 fully saturated rings. The van der Waals surface area contributed by atoms with Gasteiger partial charge in [-0.3, -0.25) is 4.79 Å². The number of ether oxygens (including phenoxy) is 1. The van der Waals surface area contributed by atoms with Crippen LogP contribution in [0.15, 0.2) is 18.2 Å². The van der Waals surface area contributed by atoms with Crippen LogP contribution in [0.5, 0.6) is 5.75 Å². The van der Waals surface area contributed by atoms with Crippen LogP contribution >= 0.6 is 0 Å². The van der Waals surface area contributed by atoms with Crippen LogP contribution in [-0.2, 0) is 0 Å². The Labute approximate surface area is 118 Å². The summed E-state index contributed by atoms with van der Waals surface area (Å²) in [6, 6.07) is 4.35. The fourth-order valence-corrected chi connectivity index (χ4v) is 2.83. The van der Waals surface area contributed by atoms with Crippen molar-refractivity contribution in [3.63, 3.8) is 0 Å². The van der Waals surface area contributed by atoms with E-state index in [1.807, 2.05) is 0 Å². The summed E-state index contributed by atoms with van der Waals surface area (Å²) in [5, 5.41) is 2.81. The van der Waals surface area contributed by atoms with Crippen molar-refractivity contribution in [1.29, 1.82) is 0 Å². The van der Waals surface area contributed by atoms with Crippen LogP contribution in [0.25, 0.3) is 0 Å². The molecule has 0 aromatic heterocycles. The number of amides is 1. The van der Waals surface area contributed by atoms with Gasteiger partial charge in [-0.05, 0) is 36.9 Å². The molecule has 4 nitrogen and oxygen atoms in total. The number of rotatable bonds is 5. The van der Waals surface area contributed by atoms with Crippen molar-refractivity contribution in [2.45, 2.75) is 25.7 Å². The molecule has 0 spiro atoms. The molecule has 0 atom stereocenters. The predicted octanol–water partition coefficient (Wildman–Crippen LogP) is 2.08. The highest BCUT2D eigenvalue weighted by Crippen LogP contribution is 2.36. The summed E-state index contributed by atoms with van der Waals surface area (Å²) in [5.41, 5.74) is 5.75. The fourth-order valence-electron chi connectivity index (χ4n) is 2.83. The molecule has 0 aliphatic heterocycles. The molecule has 3 N–H and O–H groups in total. The first kappa shape index (κ1) is 14.8. The van der Waals surface area contributed by atoms with Gasteiger partial charge in [0.25, 0.3) is 5.91 Å². The maximum Gasteiger partial charge on any atom is 0.258 e. The summed E-state index contributed by atoms with van der Waals surface area (Å²) in [6.07, 6.45) is 4.29. The molecule has 0 radical (unpaired) electrons. The van der Waals surface area contributed by atoms with Crippen molar-refractivity contribution in [3.05, 3.63) is 29.6 Å². The van der Waals surface area contributed by atoms with Gasteiger partial charge in [0.1, 0.15) is 17.1 Å². The standard InChI is InChI=1S/C15H21FN2O2/c1-20-12-6-4-5-11(16)13(12)14(19)18-10-15(9-17)7-2-3-8-15/h4-6H,2-3,7-10,17H2,1H3,(H,18,19). The van der Waals surface area contributed by atoms with Gasteiger partial charge >= 0.3 is 0 Å². The lowest BCUT2D eigenvalue weighted by Gasteiger charge is -2.27. The van der Waals surface area contributed by atoms with Gasteiger partial charge in [0.2, 0.25) is 0 Å². The Morgan fingerprint density at radius 3 is 2.75 bits per heavy atom. The average molecular weight is 280 g/mol. The lowest BCUT2D eigenvalue weighted by atomic mass is 9.86. The highest BCUT2D eigenvalue weighted by Gasteiger charge is 2.33. The topological polar surface area (TPSA) is 64.3 Å². The maximum absolute atomic E-state index is 13.8. The zero-order chi connectivity index (χ0) is 14.6. The number of nitrogens with one attached hydrogen (secondary N) is 1. The third-order valence-corrected chi connectivity index (χ3v) is 4.14. The molecule has 1 aliphatic carbocycles. The lowest BCUT2D eigenvalue weighted by molar-refractivity contribution is 0.0924. The zero-order valence-electron chi connectivity index (χ0n) is 11.7. The molecule has 0 unspecified atom stereocenters. The minimum absolute atomic E-state index is 0.0336. The fraction of sp³-hybridized carbons (Fsp3) is 0.533. The minimum Gasteiger partial charge on any atom is -0.496 e. The van der Waals surface area contributed by atoms with Crippen LogP contribution < -0.4 is 15.8 Å². The highest BCUT2D eigenvalue weighted by molar-refractivity contribution is 5.97. The van der Waals surface area contributed by atoms with Crippen LogP contribution in [0.3, 0.4) is 0 Å². The molecule has 1 aromatic rings. The Balaban J connectivity index is 2.09. The monoisotopic (exact) mass is 280 g/mol. The zero-order valence-corrected chi connectivity index (χ0v) is 11.7. The maximum atomic E-state index is 13.8. The predicted molar refractivity (Wildman–Crippen MR) is 75.2 cm³/mol. The van der Waals surface area contributed by atoms with Crippen LogP contribution in [0.1, 0.15) is 36.0 Å². The van der Waals surface area contributed by atoms with Gasteiger partial charge in [-0.1, -0.05) is 18.9 Å². The van der Waals surface area contributed by atoms with Crippen molar-refractivity contribution in [2.75, 3.05) is 20.2 Å². The lowest BCUT2D eigenvalue weighted by Crippen LogP contribution is -2.41. The largest absolute Gasteiger partial charge is 0.496 e. The van der Waals surface area contributed by atoms with Gasteiger partial charge in [0.05, 0.1) is 7.11 Å². The molecule has 5 heteroatoms. The summed E-state index contributed by atoms with van der Waals surface area (Å²) >= 11 is 0. The molecular weight excluding hydrogens is 259 g/mol. The molecule has 20 heavy (non-hydrogen) atoms. The van der Waals surface area contributed by atoms with Crippen molar-refractivity contribution in [1.82, 2.24) is 5.32 Å². The number of nitrogens with two attached hydrogens (primary N) is 1. The van der Waals surface area contributed by atoms with Crippen LogP contribution in [0, 0.1) is 11.2 Å². The quantitative estimate of drug-likeness (QED) is 0.868. The van der Waals surface area contributed by atoms with Crippen LogP contribution in [0.4, 0.5) is 4.39 Å². The third-order valence-electron chi connectivity index (χ3n) is 4.14. The van der Waals surface area contributed by atoms with Gasteiger partial charge in [0, 0.05) is 6.54 Å². The molecule has 110 valence electrons. The molecule has 0 heterocycles. The number of hydrogen-bond donors (Lipinski definition) is 2. The summed E-state index contributed by atoms with van der Waals surface area (Å²) < 4.78 is 18.8. The summed E-state index contributed by atoms with van der Waals surface area (Å²) in [7, 11) is 1.42. The molecule has 1 saturated carbocycles. The van der Waals surface area contributed by atoms with E-state index in [9.17, 15) is 9.18 Å². The van der Waals surface area contributed by atoms with Crippen molar-refractivity contribution in [3.8, 4) is 5.75 Å².